The van der Waals surface area contributed by atoms with Gasteiger partial charge in [0, 0.05) is 13.8 Å². The van der Waals surface area contributed by atoms with Crippen molar-refractivity contribution in [1.82, 2.24) is 0 Å². The summed E-state index contributed by atoms with van der Waals surface area (Å²) in [4.78, 5) is 9.58. The number of terminal acetylenes is 1. The molecule has 0 aliphatic heterocycles. The number of carbonyl (C=O) groups excluding carboxylic acids is 1. The highest BCUT2D eigenvalue weighted by atomic mass is 16.1. The van der Waals surface area contributed by atoms with Crippen LogP contribution in [0.25, 0.3) is 0 Å². The molecular formula is C8H13NO. The summed E-state index contributed by atoms with van der Waals surface area (Å²) in [6.45, 7) is 6.78. The fourth-order valence-corrected chi connectivity index (χ4v) is 0. The highest BCUT2D eigenvalue weighted by Gasteiger charge is 1.70. The molecule has 0 fully saturated rings. The summed E-state index contributed by atoms with van der Waals surface area (Å²) < 4.78 is 0. The maximum absolute atomic E-state index is 9.58. The second kappa shape index (κ2) is 25.2. The van der Waals surface area contributed by atoms with E-state index in [1.54, 1.807) is 6.07 Å². The van der Waals surface area contributed by atoms with Crippen molar-refractivity contribution >= 4 is 5.78 Å². The number of rotatable bonds is 0. The summed E-state index contributed by atoms with van der Waals surface area (Å²) in [5.74, 6) is 1.67. The summed E-state index contributed by atoms with van der Waals surface area (Å²) in [5, 5.41) is 7.32. The van der Waals surface area contributed by atoms with E-state index in [1.165, 1.54) is 13.8 Å². The van der Waals surface area contributed by atoms with Crippen LogP contribution < -0.4 is 0 Å². The lowest BCUT2D eigenvalue weighted by Gasteiger charge is -1.58. The zero-order valence-corrected chi connectivity index (χ0v) is 6.93. The molecule has 0 N–H and O–H groups in total. The van der Waals surface area contributed by atoms with E-state index in [4.69, 9.17) is 5.26 Å². The van der Waals surface area contributed by atoms with Gasteiger partial charge in [0.05, 0.1) is 6.07 Å². The van der Waals surface area contributed by atoms with Gasteiger partial charge >= 0.3 is 0 Å². The Morgan fingerprint density at radius 2 is 1.60 bits per heavy atom. The molecule has 0 aromatic heterocycles. The Bertz CT molecular complexity index is 136. The third-order valence-corrected chi connectivity index (χ3v) is 0.203. The largest absolute Gasteiger partial charge is 0.285 e. The molecule has 0 bridgehead atoms. The van der Waals surface area contributed by atoms with Gasteiger partial charge < -0.3 is 0 Å². The fraction of sp³-hybridized carbons (Fsp3) is 0.500. The van der Waals surface area contributed by atoms with Gasteiger partial charge in [0.25, 0.3) is 0 Å². The van der Waals surface area contributed by atoms with Crippen LogP contribution in [0.5, 0.6) is 0 Å². The summed E-state index contributed by atoms with van der Waals surface area (Å²) in [5.41, 5.74) is 0. The molecule has 0 spiro atoms. The topological polar surface area (TPSA) is 40.9 Å². The van der Waals surface area contributed by atoms with Crippen molar-refractivity contribution in [3.8, 4) is 18.4 Å². The molecule has 0 saturated carbocycles. The van der Waals surface area contributed by atoms with Gasteiger partial charge in [-0.15, -0.1) is 6.42 Å². The zero-order chi connectivity index (χ0) is 8.99. The standard InChI is InChI=1S/C4H4O.C2H3N.C2H6/c1-3-4(2)5;1-2-3;1-2/h1H,2H3;1H3;1-2H3. The molecule has 0 unspecified atom stereocenters. The normalized spacial score (nSPS) is 4.20. The lowest BCUT2D eigenvalue weighted by molar-refractivity contribution is -0.111. The number of carbonyl (C=O) groups is 1. The summed E-state index contributed by atoms with van der Waals surface area (Å²) in [6.07, 6.45) is 4.57. The lowest BCUT2D eigenvalue weighted by Crippen LogP contribution is -1.75. The van der Waals surface area contributed by atoms with Crippen LogP contribution >= 0.6 is 0 Å². The molecular weight excluding hydrogens is 126 g/mol. The second-order valence-electron chi connectivity index (χ2n) is 0.924. The van der Waals surface area contributed by atoms with E-state index in [1.807, 2.05) is 19.8 Å². The monoisotopic (exact) mass is 139 g/mol. The average molecular weight is 139 g/mol. The quantitative estimate of drug-likeness (QED) is 0.379. The number of hydrogen-bond donors (Lipinski definition) is 0. The summed E-state index contributed by atoms with van der Waals surface area (Å²) in [6, 6.07) is 1.75. The molecule has 0 saturated heterocycles. The van der Waals surface area contributed by atoms with E-state index in [9.17, 15) is 4.79 Å². The van der Waals surface area contributed by atoms with Crippen LogP contribution in [-0.2, 0) is 4.79 Å². The molecule has 2 nitrogen and oxygen atoms in total. The van der Waals surface area contributed by atoms with E-state index in [0.717, 1.165) is 0 Å². The lowest BCUT2D eigenvalue weighted by atomic mass is 10.5. The minimum absolute atomic E-state index is 0.218. The van der Waals surface area contributed by atoms with Crippen molar-refractivity contribution < 1.29 is 4.79 Å². The van der Waals surface area contributed by atoms with E-state index in [-0.39, 0.29) is 5.78 Å². The number of nitriles is 1. The van der Waals surface area contributed by atoms with Gasteiger partial charge in [-0.2, -0.15) is 5.26 Å². The van der Waals surface area contributed by atoms with Crippen molar-refractivity contribution in [3.63, 3.8) is 0 Å². The molecule has 0 aromatic rings. The molecule has 0 rings (SSSR count). The molecule has 0 amide bonds. The first-order chi connectivity index (χ1) is 4.68. The van der Waals surface area contributed by atoms with Gasteiger partial charge in [0.15, 0.2) is 0 Å². The van der Waals surface area contributed by atoms with Crippen LogP contribution in [0.1, 0.15) is 27.7 Å². The second-order valence-corrected chi connectivity index (χ2v) is 0.924. The number of ketones is 1. The first kappa shape index (κ1) is 15.9. The molecule has 0 aromatic carbocycles. The Balaban J connectivity index is -0.0000000847. The van der Waals surface area contributed by atoms with Crippen LogP contribution in [-0.4, -0.2) is 5.78 Å². The molecule has 0 atom stereocenters. The highest BCUT2D eigenvalue weighted by Crippen LogP contribution is 1.52. The van der Waals surface area contributed by atoms with Gasteiger partial charge in [-0.3, -0.25) is 4.79 Å². The van der Waals surface area contributed by atoms with Crippen LogP contribution in [0, 0.1) is 23.7 Å². The first-order valence-corrected chi connectivity index (χ1v) is 2.97. The molecule has 10 heavy (non-hydrogen) atoms. The molecule has 0 radical (unpaired) electrons. The Morgan fingerprint density at radius 1 is 1.50 bits per heavy atom. The predicted octanol–water partition coefficient (Wildman–Crippen LogP) is 1.76. The number of hydrogen-bond acceptors (Lipinski definition) is 2. The van der Waals surface area contributed by atoms with Crippen molar-refractivity contribution in [2.24, 2.45) is 0 Å². The van der Waals surface area contributed by atoms with Gasteiger partial charge in [-0.05, 0) is 5.92 Å². The van der Waals surface area contributed by atoms with E-state index in [0.29, 0.717) is 0 Å². The zero-order valence-electron chi connectivity index (χ0n) is 6.93. The van der Waals surface area contributed by atoms with Gasteiger partial charge in [0.1, 0.15) is 0 Å². The minimum Gasteiger partial charge on any atom is -0.285 e. The SMILES string of the molecule is C#CC(C)=O.CC.CC#N. The molecule has 56 valence electrons. The number of nitrogens with zero attached hydrogens (tertiary/aromatic N) is 1. The molecule has 0 heterocycles. The van der Waals surface area contributed by atoms with Crippen LogP contribution in [0.4, 0.5) is 0 Å². The molecule has 0 aliphatic rings. The smallest absolute Gasteiger partial charge is 0.202 e. The average Bonchev–Trinajstić information content (AvgIpc) is 1.94. The Labute approximate surface area is 62.9 Å². The molecule has 2 heteroatoms. The van der Waals surface area contributed by atoms with E-state index >= 15 is 0 Å². The van der Waals surface area contributed by atoms with Crippen molar-refractivity contribution in [2.45, 2.75) is 27.7 Å². The van der Waals surface area contributed by atoms with E-state index in [2.05, 4.69) is 6.42 Å². The summed E-state index contributed by atoms with van der Waals surface area (Å²) >= 11 is 0. The van der Waals surface area contributed by atoms with Gasteiger partial charge in [-0.25, -0.2) is 0 Å². The first-order valence-electron chi connectivity index (χ1n) is 2.97. The van der Waals surface area contributed by atoms with Gasteiger partial charge in [0.2, 0.25) is 5.78 Å². The third kappa shape index (κ3) is 424. The van der Waals surface area contributed by atoms with Crippen molar-refractivity contribution in [3.05, 3.63) is 0 Å². The van der Waals surface area contributed by atoms with Crippen LogP contribution in [0.2, 0.25) is 0 Å². The fourth-order valence-electron chi connectivity index (χ4n) is 0. The minimum atomic E-state index is -0.218. The predicted molar refractivity (Wildman–Crippen MR) is 42.1 cm³/mol. The Morgan fingerprint density at radius 3 is 1.60 bits per heavy atom. The maximum Gasteiger partial charge on any atom is 0.202 e. The van der Waals surface area contributed by atoms with Crippen LogP contribution in [0.15, 0.2) is 0 Å². The Kier molecular flexibility index (Phi) is 40.0. The Hall–Kier alpha value is -1.28. The maximum atomic E-state index is 9.58. The highest BCUT2D eigenvalue weighted by molar-refractivity contribution is 5.92. The van der Waals surface area contributed by atoms with E-state index < -0.39 is 0 Å². The van der Waals surface area contributed by atoms with Crippen molar-refractivity contribution in [2.75, 3.05) is 0 Å². The van der Waals surface area contributed by atoms with Crippen molar-refractivity contribution in [1.29, 1.82) is 5.26 Å². The van der Waals surface area contributed by atoms with Crippen LogP contribution in [0.3, 0.4) is 0 Å². The summed E-state index contributed by atoms with van der Waals surface area (Å²) in [7, 11) is 0. The van der Waals surface area contributed by atoms with Gasteiger partial charge in [-0.1, -0.05) is 13.8 Å². The third-order valence-electron chi connectivity index (χ3n) is 0.203. The number of Topliss-reactive ketones (excluding diaryl/α,β-unsaturated/α-hetero) is 1. The molecule has 0 aliphatic carbocycles.